The van der Waals surface area contributed by atoms with E-state index < -0.39 is 11.9 Å². The van der Waals surface area contributed by atoms with Crippen molar-refractivity contribution in [3.63, 3.8) is 0 Å². The minimum atomic E-state index is -0.800. The standard InChI is InChI=1S/C10H10BrFO/c1-2-3-10(13)8-5-4-7(11)6-9(8)12/h2,4-6,10,13H,1,3H2. The molecule has 13 heavy (non-hydrogen) atoms. The largest absolute Gasteiger partial charge is 0.388 e. The van der Waals surface area contributed by atoms with Crippen molar-refractivity contribution in [2.24, 2.45) is 0 Å². The van der Waals surface area contributed by atoms with Gasteiger partial charge in [0.15, 0.2) is 0 Å². The van der Waals surface area contributed by atoms with Gasteiger partial charge < -0.3 is 5.11 Å². The van der Waals surface area contributed by atoms with E-state index in [1.54, 1.807) is 18.2 Å². The first-order valence-electron chi connectivity index (χ1n) is 3.89. The van der Waals surface area contributed by atoms with Crippen LogP contribution in [0.3, 0.4) is 0 Å². The molecule has 1 nitrogen and oxygen atoms in total. The van der Waals surface area contributed by atoms with Crippen molar-refractivity contribution in [3.8, 4) is 0 Å². The molecule has 1 aromatic rings. The molecule has 0 aromatic heterocycles. The molecule has 0 aliphatic heterocycles. The zero-order valence-corrected chi connectivity index (χ0v) is 8.59. The van der Waals surface area contributed by atoms with Crippen molar-refractivity contribution < 1.29 is 9.50 Å². The van der Waals surface area contributed by atoms with E-state index in [0.29, 0.717) is 16.5 Å². The molecule has 0 amide bonds. The van der Waals surface area contributed by atoms with E-state index in [1.807, 2.05) is 0 Å². The zero-order valence-electron chi connectivity index (χ0n) is 7.00. The Morgan fingerprint density at radius 1 is 1.62 bits per heavy atom. The lowest BCUT2D eigenvalue weighted by Crippen LogP contribution is -1.98. The van der Waals surface area contributed by atoms with E-state index in [4.69, 9.17) is 0 Å². The lowest BCUT2D eigenvalue weighted by atomic mass is 10.1. The first-order valence-corrected chi connectivity index (χ1v) is 4.68. The predicted molar refractivity (Wildman–Crippen MR) is 53.9 cm³/mol. The summed E-state index contributed by atoms with van der Waals surface area (Å²) < 4.78 is 13.9. The average molecular weight is 245 g/mol. The highest BCUT2D eigenvalue weighted by molar-refractivity contribution is 9.10. The van der Waals surface area contributed by atoms with Gasteiger partial charge in [0.25, 0.3) is 0 Å². The van der Waals surface area contributed by atoms with Crippen LogP contribution >= 0.6 is 15.9 Å². The van der Waals surface area contributed by atoms with E-state index in [0.717, 1.165) is 0 Å². The molecule has 1 N–H and O–H groups in total. The summed E-state index contributed by atoms with van der Waals surface area (Å²) in [6, 6.07) is 4.60. The van der Waals surface area contributed by atoms with Gasteiger partial charge >= 0.3 is 0 Å². The minimum Gasteiger partial charge on any atom is -0.388 e. The van der Waals surface area contributed by atoms with Crippen LogP contribution < -0.4 is 0 Å². The Hall–Kier alpha value is -0.670. The number of rotatable bonds is 3. The van der Waals surface area contributed by atoms with Gasteiger partial charge in [-0.1, -0.05) is 28.1 Å². The third-order valence-corrected chi connectivity index (χ3v) is 2.20. The fraction of sp³-hybridized carbons (Fsp3) is 0.200. The molecule has 1 aromatic carbocycles. The quantitative estimate of drug-likeness (QED) is 0.810. The number of hydrogen-bond acceptors (Lipinski definition) is 1. The molecule has 70 valence electrons. The normalized spacial score (nSPS) is 12.5. The predicted octanol–water partition coefficient (Wildman–Crippen LogP) is 3.20. The van der Waals surface area contributed by atoms with Crippen LogP contribution in [-0.4, -0.2) is 5.11 Å². The lowest BCUT2D eigenvalue weighted by Gasteiger charge is -2.09. The molecule has 1 unspecified atom stereocenters. The van der Waals surface area contributed by atoms with Crippen LogP contribution in [-0.2, 0) is 0 Å². The topological polar surface area (TPSA) is 20.2 Å². The van der Waals surface area contributed by atoms with Crippen molar-refractivity contribution in [1.29, 1.82) is 0 Å². The van der Waals surface area contributed by atoms with Gasteiger partial charge in [0, 0.05) is 10.0 Å². The highest BCUT2D eigenvalue weighted by Gasteiger charge is 2.10. The Morgan fingerprint density at radius 2 is 2.31 bits per heavy atom. The van der Waals surface area contributed by atoms with Crippen LogP contribution in [0.2, 0.25) is 0 Å². The molecule has 1 atom stereocenters. The van der Waals surface area contributed by atoms with Crippen molar-refractivity contribution in [2.45, 2.75) is 12.5 Å². The van der Waals surface area contributed by atoms with E-state index >= 15 is 0 Å². The zero-order chi connectivity index (χ0) is 9.84. The van der Waals surface area contributed by atoms with Gasteiger partial charge in [-0.05, 0) is 18.6 Å². The molecule has 0 saturated carbocycles. The molecule has 0 saturated heterocycles. The van der Waals surface area contributed by atoms with Gasteiger partial charge in [-0.3, -0.25) is 0 Å². The molecule has 0 aliphatic rings. The Labute approximate surface area is 85.0 Å². The van der Waals surface area contributed by atoms with Crippen LogP contribution in [0.1, 0.15) is 18.1 Å². The summed E-state index contributed by atoms with van der Waals surface area (Å²) in [6.45, 7) is 3.48. The Kier molecular flexibility index (Phi) is 3.63. The van der Waals surface area contributed by atoms with Crippen LogP contribution in [0, 0.1) is 5.82 Å². The van der Waals surface area contributed by atoms with Gasteiger partial charge in [0.1, 0.15) is 5.82 Å². The number of benzene rings is 1. The summed E-state index contributed by atoms with van der Waals surface area (Å²) in [7, 11) is 0. The SMILES string of the molecule is C=CCC(O)c1ccc(Br)cc1F. The maximum absolute atomic E-state index is 13.2. The lowest BCUT2D eigenvalue weighted by molar-refractivity contribution is 0.177. The fourth-order valence-corrected chi connectivity index (χ4v) is 1.39. The Bertz CT molecular complexity index is 312. The summed E-state index contributed by atoms with van der Waals surface area (Å²) in [5.41, 5.74) is 0.308. The Morgan fingerprint density at radius 3 is 2.85 bits per heavy atom. The maximum Gasteiger partial charge on any atom is 0.130 e. The molecule has 0 spiro atoms. The van der Waals surface area contributed by atoms with E-state index in [2.05, 4.69) is 22.5 Å². The van der Waals surface area contributed by atoms with Gasteiger partial charge in [0.2, 0.25) is 0 Å². The van der Waals surface area contributed by atoms with E-state index in [1.165, 1.54) is 6.07 Å². The second-order valence-corrected chi connectivity index (χ2v) is 3.62. The molecule has 3 heteroatoms. The average Bonchev–Trinajstić information content (AvgIpc) is 2.04. The third kappa shape index (κ3) is 2.64. The van der Waals surface area contributed by atoms with Crippen LogP contribution in [0.15, 0.2) is 35.3 Å². The van der Waals surface area contributed by atoms with Gasteiger partial charge in [-0.2, -0.15) is 0 Å². The second kappa shape index (κ2) is 4.53. The molecule has 1 rings (SSSR count). The second-order valence-electron chi connectivity index (χ2n) is 2.71. The summed E-state index contributed by atoms with van der Waals surface area (Å²) in [4.78, 5) is 0. The molecule has 0 aliphatic carbocycles. The summed E-state index contributed by atoms with van der Waals surface area (Å²) in [5, 5.41) is 9.47. The molecule has 0 heterocycles. The summed E-state index contributed by atoms with van der Waals surface area (Å²) in [5.74, 6) is -0.399. The molecule has 0 bridgehead atoms. The monoisotopic (exact) mass is 244 g/mol. The van der Waals surface area contributed by atoms with E-state index in [9.17, 15) is 9.50 Å². The van der Waals surface area contributed by atoms with E-state index in [-0.39, 0.29) is 0 Å². The van der Waals surface area contributed by atoms with Crippen molar-refractivity contribution in [3.05, 3.63) is 46.7 Å². The summed E-state index contributed by atoms with van der Waals surface area (Å²) >= 11 is 3.14. The molecular weight excluding hydrogens is 235 g/mol. The number of hydrogen-bond donors (Lipinski definition) is 1. The first kappa shape index (κ1) is 10.4. The third-order valence-electron chi connectivity index (χ3n) is 1.71. The number of aliphatic hydroxyl groups excluding tert-OH is 1. The van der Waals surface area contributed by atoms with Gasteiger partial charge in [-0.25, -0.2) is 4.39 Å². The molecular formula is C10H10BrFO. The van der Waals surface area contributed by atoms with Crippen molar-refractivity contribution in [2.75, 3.05) is 0 Å². The maximum atomic E-state index is 13.2. The fourth-order valence-electron chi connectivity index (χ4n) is 1.06. The summed E-state index contributed by atoms with van der Waals surface area (Å²) in [6.07, 6.45) is 1.12. The Balaban J connectivity index is 2.94. The van der Waals surface area contributed by atoms with Gasteiger partial charge in [0.05, 0.1) is 6.10 Å². The number of aliphatic hydroxyl groups is 1. The molecule has 0 radical (unpaired) electrons. The smallest absolute Gasteiger partial charge is 0.130 e. The minimum absolute atomic E-state index is 0.308. The van der Waals surface area contributed by atoms with Crippen LogP contribution in [0.4, 0.5) is 4.39 Å². The highest BCUT2D eigenvalue weighted by atomic mass is 79.9. The van der Waals surface area contributed by atoms with Crippen molar-refractivity contribution >= 4 is 15.9 Å². The highest BCUT2D eigenvalue weighted by Crippen LogP contribution is 2.23. The van der Waals surface area contributed by atoms with Crippen LogP contribution in [0.5, 0.6) is 0 Å². The number of halogens is 2. The van der Waals surface area contributed by atoms with Crippen LogP contribution in [0.25, 0.3) is 0 Å². The molecule has 0 fully saturated rings. The van der Waals surface area contributed by atoms with Gasteiger partial charge in [-0.15, -0.1) is 6.58 Å². The first-order chi connectivity index (χ1) is 6.15. The van der Waals surface area contributed by atoms with Crippen molar-refractivity contribution in [1.82, 2.24) is 0 Å².